The lowest BCUT2D eigenvalue weighted by molar-refractivity contribution is -0.157. The molecule has 0 bridgehead atoms. The lowest BCUT2D eigenvalue weighted by Crippen LogP contribution is -2.27. The highest BCUT2D eigenvalue weighted by atomic mass is 16.6. The molecule has 0 aliphatic rings. The number of aryl methyl sites for hydroxylation is 1. The minimum atomic E-state index is -0.480. The number of nitrogens with zero attached hydrogens (tertiary/aromatic N) is 1. The minimum Gasteiger partial charge on any atom is -0.480 e. The third-order valence-corrected chi connectivity index (χ3v) is 1.66. The van der Waals surface area contributed by atoms with Crippen molar-refractivity contribution >= 4 is 5.97 Å². The lowest BCUT2D eigenvalue weighted by atomic mass is 10.2. The first-order chi connectivity index (χ1) is 7.37. The molecule has 88 valence electrons. The first kappa shape index (κ1) is 12.5. The summed E-state index contributed by atoms with van der Waals surface area (Å²) in [6, 6.07) is 3.59. The zero-order chi connectivity index (χ0) is 12.2. The number of carbonyl (C=O) groups excluding carboxylic acids is 1. The molecule has 0 aliphatic carbocycles. The van der Waals surface area contributed by atoms with Gasteiger partial charge in [-0.1, -0.05) is 0 Å². The number of rotatable bonds is 3. The van der Waals surface area contributed by atoms with E-state index in [4.69, 9.17) is 9.47 Å². The maximum Gasteiger partial charge on any atom is 0.344 e. The highest BCUT2D eigenvalue weighted by molar-refractivity contribution is 5.71. The first-order valence-electron chi connectivity index (χ1n) is 5.14. The van der Waals surface area contributed by atoms with E-state index in [1.165, 1.54) is 0 Å². The Bertz CT molecular complexity index is 352. The summed E-state index contributed by atoms with van der Waals surface area (Å²) in [4.78, 5) is 15.4. The van der Waals surface area contributed by atoms with E-state index in [2.05, 4.69) is 4.98 Å². The minimum absolute atomic E-state index is 0.0952. The quantitative estimate of drug-likeness (QED) is 0.736. The predicted octanol–water partition coefficient (Wildman–Crippen LogP) is 2.11. The van der Waals surface area contributed by atoms with Crippen molar-refractivity contribution in [1.29, 1.82) is 0 Å². The van der Waals surface area contributed by atoms with Gasteiger partial charge in [-0.15, -0.1) is 0 Å². The summed E-state index contributed by atoms with van der Waals surface area (Å²) < 4.78 is 10.3. The molecule has 4 nitrogen and oxygen atoms in total. The Morgan fingerprint density at radius 1 is 1.38 bits per heavy atom. The van der Waals surface area contributed by atoms with Gasteiger partial charge in [0.1, 0.15) is 11.4 Å². The van der Waals surface area contributed by atoms with Gasteiger partial charge in [-0.2, -0.15) is 0 Å². The fourth-order valence-corrected chi connectivity index (χ4v) is 1.05. The van der Waals surface area contributed by atoms with Gasteiger partial charge in [-0.05, 0) is 39.8 Å². The SMILES string of the molecule is Cc1ccc(OCC(=O)OC(C)(C)C)cn1. The second-order valence-electron chi connectivity index (χ2n) is 4.51. The van der Waals surface area contributed by atoms with Crippen LogP contribution in [0.1, 0.15) is 26.5 Å². The average Bonchev–Trinajstić information content (AvgIpc) is 2.14. The zero-order valence-electron chi connectivity index (χ0n) is 10.1. The third kappa shape index (κ3) is 4.77. The third-order valence-electron chi connectivity index (χ3n) is 1.66. The van der Waals surface area contributed by atoms with Crippen molar-refractivity contribution in [3.63, 3.8) is 0 Å². The number of carbonyl (C=O) groups is 1. The lowest BCUT2D eigenvalue weighted by Gasteiger charge is -2.19. The largest absolute Gasteiger partial charge is 0.480 e. The van der Waals surface area contributed by atoms with Crippen LogP contribution < -0.4 is 4.74 Å². The van der Waals surface area contributed by atoms with Crippen LogP contribution in [0.25, 0.3) is 0 Å². The normalized spacial score (nSPS) is 11.0. The van der Waals surface area contributed by atoms with Crippen molar-refractivity contribution in [3.05, 3.63) is 24.0 Å². The molecule has 1 rings (SSSR count). The van der Waals surface area contributed by atoms with E-state index in [1.807, 2.05) is 33.8 Å². The average molecular weight is 223 g/mol. The molecule has 0 aliphatic heterocycles. The Kier molecular flexibility index (Phi) is 3.88. The van der Waals surface area contributed by atoms with Crippen LogP contribution in [-0.2, 0) is 9.53 Å². The van der Waals surface area contributed by atoms with E-state index in [1.54, 1.807) is 12.3 Å². The Hall–Kier alpha value is -1.58. The van der Waals surface area contributed by atoms with E-state index >= 15 is 0 Å². The van der Waals surface area contributed by atoms with Gasteiger partial charge in [0, 0.05) is 5.69 Å². The highest BCUT2D eigenvalue weighted by Crippen LogP contribution is 2.10. The number of aromatic nitrogens is 1. The van der Waals surface area contributed by atoms with Crippen LogP contribution in [0.3, 0.4) is 0 Å². The summed E-state index contributed by atoms with van der Waals surface area (Å²) in [5.41, 5.74) is 0.427. The fourth-order valence-electron chi connectivity index (χ4n) is 1.05. The molecule has 0 atom stereocenters. The van der Waals surface area contributed by atoms with Gasteiger partial charge in [0.25, 0.3) is 0 Å². The van der Waals surface area contributed by atoms with Crippen molar-refractivity contribution in [2.24, 2.45) is 0 Å². The van der Waals surface area contributed by atoms with Crippen LogP contribution in [0, 0.1) is 6.92 Å². The maximum absolute atomic E-state index is 11.3. The molecule has 1 aromatic rings. The van der Waals surface area contributed by atoms with Gasteiger partial charge in [0.15, 0.2) is 6.61 Å². The molecule has 0 unspecified atom stereocenters. The van der Waals surface area contributed by atoms with Crippen LogP contribution in [0.15, 0.2) is 18.3 Å². The van der Waals surface area contributed by atoms with Crippen LogP contribution in [0.2, 0.25) is 0 Å². The molecule has 1 heterocycles. The molecule has 0 saturated carbocycles. The second kappa shape index (κ2) is 4.96. The molecular weight excluding hydrogens is 206 g/mol. The van der Waals surface area contributed by atoms with Crippen LogP contribution in [0.5, 0.6) is 5.75 Å². The van der Waals surface area contributed by atoms with E-state index in [0.29, 0.717) is 5.75 Å². The topological polar surface area (TPSA) is 48.4 Å². The van der Waals surface area contributed by atoms with Gasteiger partial charge in [-0.3, -0.25) is 4.98 Å². The fraction of sp³-hybridized carbons (Fsp3) is 0.500. The van der Waals surface area contributed by atoms with Crippen molar-refractivity contribution in [1.82, 2.24) is 4.98 Å². The van der Waals surface area contributed by atoms with E-state index in [0.717, 1.165) is 5.69 Å². The maximum atomic E-state index is 11.3. The number of ether oxygens (including phenoxy) is 2. The van der Waals surface area contributed by atoms with Crippen molar-refractivity contribution in [2.75, 3.05) is 6.61 Å². The Labute approximate surface area is 95.6 Å². The number of hydrogen-bond acceptors (Lipinski definition) is 4. The van der Waals surface area contributed by atoms with Gasteiger partial charge in [-0.25, -0.2) is 4.79 Å². The number of esters is 1. The predicted molar refractivity (Wildman–Crippen MR) is 60.3 cm³/mol. The van der Waals surface area contributed by atoms with Crippen molar-refractivity contribution in [3.8, 4) is 5.75 Å². The standard InChI is InChI=1S/C12H17NO3/c1-9-5-6-10(7-13-9)15-8-11(14)16-12(2,3)4/h5-7H,8H2,1-4H3. The van der Waals surface area contributed by atoms with Crippen LogP contribution in [-0.4, -0.2) is 23.2 Å². The summed E-state index contributed by atoms with van der Waals surface area (Å²) in [6.45, 7) is 7.24. The summed E-state index contributed by atoms with van der Waals surface area (Å²) in [5.74, 6) is 0.185. The molecule has 0 N–H and O–H groups in total. The summed E-state index contributed by atoms with van der Waals surface area (Å²) >= 11 is 0. The molecule has 0 saturated heterocycles. The van der Waals surface area contributed by atoms with Gasteiger partial charge < -0.3 is 9.47 Å². The van der Waals surface area contributed by atoms with E-state index in [9.17, 15) is 4.79 Å². The summed E-state index contributed by atoms with van der Waals surface area (Å²) in [5, 5.41) is 0. The smallest absolute Gasteiger partial charge is 0.344 e. The zero-order valence-corrected chi connectivity index (χ0v) is 10.1. The molecular formula is C12H17NO3. The first-order valence-corrected chi connectivity index (χ1v) is 5.14. The molecule has 0 radical (unpaired) electrons. The van der Waals surface area contributed by atoms with Crippen molar-refractivity contribution < 1.29 is 14.3 Å². The molecule has 0 fully saturated rings. The molecule has 0 spiro atoms. The Morgan fingerprint density at radius 3 is 2.56 bits per heavy atom. The molecule has 0 amide bonds. The highest BCUT2D eigenvalue weighted by Gasteiger charge is 2.16. The van der Waals surface area contributed by atoms with Crippen LogP contribution in [0.4, 0.5) is 0 Å². The number of hydrogen-bond donors (Lipinski definition) is 0. The van der Waals surface area contributed by atoms with Gasteiger partial charge in [0.05, 0.1) is 6.20 Å². The van der Waals surface area contributed by atoms with E-state index in [-0.39, 0.29) is 12.6 Å². The van der Waals surface area contributed by atoms with Gasteiger partial charge >= 0.3 is 5.97 Å². The Morgan fingerprint density at radius 2 is 2.06 bits per heavy atom. The summed E-state index contributed by atoms with van der Waals surface area (Å²) in [6.07, 6.45) is 1.58. The Balaban J connectivity index is 2.40. The second-order valence-corrected chi connectivity index (χ2v) is 4.51. The van der Waals surface area contributed by atoms with E-state index < -0.39 is 5.60 Å². The molecule has 16 heavy (non-hydrogen) atoms. The van der Waals surface area contributed by atoms with Gasteiger partial charge in [0.2, 0.25) is 0 Å². The van der Waals surface area contributed by atoms with Crippen molar-refractivity contribution in [2.45, 2.75) is 33.3 Å². The monoisotopic (exact) mass is 223 g/mol. The number of pyridine rings is 1. The van der Waals surface area contributed by atoms with Crippen LogP contribution >= 0.6 is 0 Å². The molecule has 1 aromatic heterocycles. The summed E-state index contributed by atoms with van der Waals surface area (Å²) in [7, 11) is 0. The molecule has 0 aromatic carbocycles. The molecule has 4 heteroatoms.